The Hall–Kier alpha value is -2.07. The van der Waals surface area contributed by atoms with Gasteiger partial charge in [-0.1, -0.05) is 36.5 Å². The van der Waals surface area contributed by atoms with Gasteiger partial charge in [-0.25, -0.2) is 4.98 Å². The van der Waals surface area contributed by atoms with Gasteiger partial charge in [-0.2, -0.15) is 0 Å². The minimum atomic E-state index is -0.367. The quantitative estimate of drug-likeness (QED) is 0.840. The minimum Gasteiger partial charge on any atom is -0.389 e. The summed E-state index contributed by atoms with van der Waals surface area (Å²) in [4.78, 5) is 4.85. The number of allylic oxidation sites excluding steroid dienone is 4. The second kappa shape index (κ2) is 6.20. The maximum Gasteiger partial charge on any atom is 0.135 e. The van der Waals surface area contributed by atoms with Crippen LogP contribution in [0.25, 0.3) is 11.6 Å². The topological polar surface area (TPSA) is 50.1 Å². The van der Waals surface area contributed by atoms with Crippen LogP contribution in [-0.2, 0) is 6.54 Å². The predicted molar refractivity (Wildman–Crippen MR) is 94.0 cm³/mol. The maximum atomic E-state index is 9.67. The van der Waals surface area contributed by atoms with Gasteiger partial charge in [-0.05, 0) is 43.8 Å². The van der Waals surface area contributed by atoms with Gasteiger partial charge in [0.25, 0.3) is 0 Å². The average Bonchev–Trinajstić information content (AvgIpc) is 2.95. The summed E-state index contributed by atoms with van der Waals surface area (Å²) in [6.45, 7) is 0.969. The van der Waals surface area contributed by atoms with Gasteiger partial charge in [0.15, 0.2) is 0 Å². The average molecular weight is 309 g/mol. The first kappa shape index (κ1) is 14.5. The fourth-order valence-corrected chi connectivity index (χ4v) is 3.46. The molecule has 2 heterocycles. The standard InChI is InChI=1S/C19H23N3O/c23-16-11-9-14(10-12-16)18-19(20-15-6-2-1-3-7-15)22-13-5-4-8-17(22)21-18/h2,4,6,8-11,15-16,20,23H,1,3,5,7,12-13H2. The first-order valence-corrected chi connectivity index (χ1v) is 8.58. The lowest BCUT2D eigenvalue weighted by molar-refractivity contribution is 0.226. The lowest BCUT2D eigenvalue weighted by Crippen LogP contribution is -2.22. The molecule has 0 amide bonds. The Labute approximate surface area is 136 Å². The first-order chi connectivity index (χ1) is 11.3. The lowest BCUT2D eigenvalue weighted by Gasteiger charge is -2.22. The second-order valence-electron chi connectivity index (χ2n) is 6.44. The van der Waals surface area contributed by atoms with Crippen molar-refractivity contribution in [3.63, 3.8) is 0 Å². The molecule has 0 saturated heterocycles. The molecule has 2 atom stereocenters. The molecule has 3 aliphatic rings. The number of aliphatic hydroxyl groups excluding tert-OH is 1. The highest BCUT2D eigenvalue weighted by atomic mass is 16.3. The Balaban J connectivity index is 1.71. The summed E-state index contributed by atoms with van der Waals surface area (Å²) < 4.78 is 2.29. The van der Waals surface area contributed by atoms with E-state index in [-0.39, 0.29) is 6.10 Å². The molecule has 0 aromatic carbocycles. The molecule has 2 aliphatic carbocycles. The van der Waals surface area contributed by atoms with Crippen molar-refractivity contribution >= 4 is 17.5 Å². The number of nitrogens with one attached hydrogen (secondary N) is 1. The molecule has 1 aromatic rings. The van der Waals surface area contributed by atoms with Gasteiger partial charge >= 0.3 is 0 Å². The van der Waals surface area contributed by atoms with Crippen molar-refractivity contribution in [3.8, 4) is 0 Å². The number of rotatable bonds is 3. The van der Waals surface area contributed by atoms with Gasteiger partial charge in [-0.3, -0.25) is 0 Å². The molecule has 0 bridgehead atoms. The molecule has 2 N–H and O–H groups in total. The molecule has 2 unspecified atom stereocenters. The molecule has 0 spiro atoms. The molecule has 4 nitrogen and oxygen atoms in total. The number of aromatic nitrogens is 2. The Bertz CT molecular complexity index is 708. The summed E-state index contributed by atoms with van der Waals surface area (Å²) in [5.74, 6) is 2.14. The fourth-order valence-electron chi connectivity index (χ4n) is 3.46. The molecular weight excluding hydrogens is 286 g/mol. The van der Waals surface area contributed by atoms with Gasteiger partial charge < -0.3 is 15.0 Å². The number of hydrogen-bond acceptors (Lipinski definition) is 3. The molecule has 0 saturated carbocycles. The van der Waals surface area contributed by atoms with Crippen molar-refractivity contribution in [2.24, 2.45) is 0 Å². The zero-order valence-electron chi connectivity index (χ0n) is 13.3. The second-order valence-corrected chi connectivity index (χ2v) is 6.44. The SMILES string of the molecule is OC1C=CC(c2nc3n(c2NC2C=CCCC2)CCC=C3)=CC1. The van der Waals surface area contributed by atoms with Crippen LogP contribution in [0.3, 0.4) is 0 Å². The highest BCUT2D eigenvalue weighted by Gasteiger charge is 2.22. The smallest absolute Gasteiger partial charge is 0.135 e. The van der Waals surface area contributed by atoms with Crippen molar-refractivity contribution in [1.29, 1.82) is 0 Å². The summed E-state index contributed by atoms with van der Waals surface area (Å²) in [6.07, 6.45) is 19.7. The summed E-state index contributed by atoms with van der Waals surface area (Å²) >= 11 is 0. The van der Waals surface area contributed by atoms with Crippen LogP contribution >= 0.6 is 0 Å². The van der Waals surface area contributed by atoms with Gasteiger partial charge in [0, 0.05) is 12.6 Å². The minimum absolute atomic E-state index is 0.367. The van der Waals surface area contributed by atoms with E-state index in [9.17, 15) is 5.11 Å². The number of anilines is 1. The largest absolute Gasteiger partial charge is 0.389 e. The summed E-state index contributed by atoms with van der Waals surface area (Å²) in [6, 6.07) is 0.382. The van der Waals surface area contributed by atoms with E-state index in [1.165, 1.54) is 19.3 Å². The van der Waals surface area contributed by atoms with Crippen LogP contribution in [-0.4, -0.2) is 26.8 Å². The van der Waals surface area contributed by atoms with Gasteiger partial charge in [0.2, 0.25) is 0 Å². The third kappa shape index (κ3) is 2.91. The van der Waals surface area contributed by atoms with Crippen LogP contribution in [0.1, 0.15) is 43.6 Å². The molecule has 1 aliphatic heterocycles. The highest BCUT2D eigenvalue weighted by Crippen LogP contribution is 2.32. The lowest BCUT2D eigenvalue weighted by atomic mass is 10.0. The van der Waals surface area contributed by atoms with Crippen LogP contribution in [0.4, 0.5) is 5.82 Å². The number of nitrogens with zero attached hydrogens (tertiary/aromatic N) is 2. The van der Waals surface area contributed by atoms with E-state index in [2.05, 4.69) is 40.3 Å². The van der Waals surface area contributed by atoms with Crippen LogP contribution in [0.15, 0.2) is 36.5 Å². The van der Waals surface area contributed by atoms with Gasteiger partial charge in [0.1, 0.15) is 17.3 Å². The summed E-state index contributed by atoms with van der Waals surface area (Å²) in [5, 5.41) is 13.4. The number of aliphatic hydroxyl groups is 1. The Morgan fingerprint density at radius 1 is 1.17 bits per heavy atom. The monoisotopic (exact) mass is 309 g/mol. The van der Waals surface area contributed by atoms with E-state index in [1.54, 1.807) is 0 Å². The van der Waals surface area contributed by atoms with Crippen LogP contribution in [0.5, 0.6) is 0 Å². The van der Waals surface area contributed by atoms with Crippen LogP contribution in [0.2, 0.25) is 0 Å². The Kier molecular flexibility index (Phi) is 3.92. The summed E-state index contributed by atoms with van der Waals surface area (Å²) in [5.41, 5.74) is 2.11. The summed E-state index contributed by atoms with van der Waals surface area (Å²) in [7, 11) is 0. The molecule has 4 heteroatoms. The molecule has 4 rings (SSSR count). The van der Waals surface area contributed by atoms with E-state index in [0.717, 1.165) is 35.9 Å². The van der Waals surface area contributed by atoms with Crippen molar-refractivity contribution in [3.05, 3.63) is 48.0 Å². The molecule has 23 heavy (non-hydrogen) atoms. The Morgan fingerprint density at radius 2 is 2.13 bits per heavy atom. The van der Waals surface area contributed by atoms with E-state index in [0.29, 0.717) is 12.5 Å². The number of hydrogen-bond donors (Lipinski definition) is 2. The van der Waals surface area contributed by atoms with Crippen molar-refractivity contribution in [2.45, 2.75) is 50.8 Å². The van der Waals surface area contributed by atoms with Gasteiger partial charge in [0.05, 0.1) is 6.10 Å². The number of fused-ring (bicyclic) bond motifs is 1. The zero-order chi connectivity index (χ0) is 15.6. The predicted octanol–water partition coefficient (Wildman–Crippen LogP) is 3.52. The van der Waals surface area contributed by atoms with E-state index < -0.39 is 0 Å². The molecule has 0 fully saturated rings. The van der Waals surface area contributed by atoms with Crippen molar-refractivity contribution < 1.29 is 5.11 Å². The maximum absolute atomic E-state index is 9.67. The molecule has 0 radical (unpaired) electrons. The zero-order valence-corrected chi connectivity index (χ0v) is 13.3. The molecular formula is C19H23N3O. The van der Waals surface area contributed by atoms with Gasteiger partial charge in [-0.15, -0.1) is 0 Å². The molecule has 1 aromatic heterocycles. The molecule has 120 valence electrons. The highest BCUT2D eigenvalue weighted by molar-refractivity contribution is 5.81. The third-order valence-electron chi connectivity index (χ3n) is 4.71. The van der Waals surface area contributed by atoms with Crippen molar-refractivity contribution in [1.82, 2.24) is 9.55 Å². The van der Waals surface area contributed by atoms with Crippen LogP contribution in [0, 0.1) is 0 Å². The third-order valence-corrected chi connectivity index (χ3v) is 4.71. The number of imidazole rings is 1. The van der Waals surface area contributed by atoms with E-state index in [1.807, 2.05) is 12.2 Å². The van der Waals surface area contributed by atoms with E-state index in [4.69, 9.17) is 4.98 Å². The van der Waals surface area contributed by atoms with Crippen molar-refractivity contribution in [2.75, 3.05) is 5.32 Å². The first-order valence-electron chi connectivity index (χ1n) is 8.58. The van der Waals surface area contributed by atoms with E-state index >= 15 is 0 Å². The Morgan fingerprint density at radius 3 is 2.91 bits per heavy atom. The van der Waals surface area contributed by atoms with Crippen LogP contribution < -0.4 is 5.32 Å². The normalized spacial score (nSPS) is 26.0. The fraction of sp³-hybridized carbons (Fsp3) is 0.421.